The molecule has 1 rings (SSSR count). The zero-order chi connectivity index (χ0) is 14.8. The van der Waals surface area contributed by atoms with Gasteiger partial charge < -0.3 is 15.2 Å². The average molecular weight is 297 g/mol. The van der Waals surface area contributed by atoms with Crippen LogP contribution in [0.1, 0.15) is 31.9 Å². The highest BCUT2D eigenvalue weighted by atomic mass is 32.2. The van der Waals surface area contributed by atoms with Gasteiger partial charge in [0.15, 0.2) is 0 Å². The fourth-order valence-corrected chi connectivity index (χ4v) is 3.08. The first-order valence-electron chi connectivity index (χ1n) is 7.27. The average Bonchev–Trinajstić information content (AvgIpc) is 2.50. The molecule has 0 saturated heterocycles. The molecule has 1 aromatic carbocycles. The smallest absolute Gasteiger partial charge is 0.119 e. The molecule has 0 aliphatic rings. The lowest BCUT2D eigenvalue weighted by Crippen LogP contribution is -2.24. The molecular weight excluding hydrogens is 270 g/mol. The highest BCUT2D eigenvalue weighted by Gasteiger charge is 2.12. The summed E-state index contributed by atoms with van der Waals surface area (Å²) >= 11 is 1.89. The van der Waals surface area contributed by atoms with Crippen molar-refractivity contribution in [3.05, 3.63) is 29.8 Å². The molecule has 0 aliphatic carbocycles. The highest BCUT2D eigenvalue weighted by Crippen LogP contribution is 2.23. The van der Waals surface area contributed by atoms with Gasteiger partial charge in [0.05, 0.1) is 7.11 Å². The lowest BCUT2D eigenvalue weighted by Gasteiger charge is -2.20. The van der Waals surface area contributed by atoms with E-state index >= 15 is 0 Å². The number of methoxy groups -OCH3 is 1. The Labute approximate surface area is 127 Å². The molecule has 0 aromatic heterocycles. The summed E-state index contributed by atoms with van der Waals surface area (Å²) in [6, 6.07) is 8.59. The quantitative estimate of drug-likeness (QED) is 0.696. The van der Waals surface area contributed by atoms with E-state index < -0.39 is 0 Å². The molecule has 0 fully saturated rings. The maximum absolute atomic E-state index is 9.08. The van der Waals surface area contributed by atoms with Gasteiger partial charge in [-0.25, -0.2) is 0 Å². The van der Waals surface area contributed by atoms with Crippen LogP contribution >= 0.6 is 11.8 Å². The Bertz CT molecular complexity index is 373. The molecule has 2 N–H and O–H groups in total. The Morgan fingerprint density at radius 2 is 2.15 bits per heavy atom. The van der Waals surface area contributed by atoms with Gasteiger partial charge in [0, 0.05) is 18.4 Å². The van der Waals surface area contributed by atoms with E-state index in [1.807, 2.05) is 23.9 Å². The van der Waals surface area contributed by atoms with Crippen LogP contribution < -0.4 is 10.1 Å². The summed E-state index contributed by atoms with van der Waals surface area (Å²) in [7, 11) is 1.70. The summed E-state index contributed by atoms with van der Waals surface area (Å²) in [6.07, 6.45) is 1.12. The Kier molecular flexibility index (Phi) is 8.74. The van der Waals surface area contributed by atoms with Crippen molar-refractivity contribution in [3.8, 4) is 5.75 Å². The van der Waals surface area contributed by atoms with E-state index in [-0.39, 0.29) is 6.61 Å². The first kappa shape index (κ1) is 17.3. The largest absolute Gasteiger partial charge is 0.497 e. The Hall–Kier alpha value is -0.710. The zero-order valence-corrected chi connectivity index (χ0v) is 13.6. The van der Waals surface area contributed by atoms with Crippen molar-refractivity contribution in [2.45, 2.75) is 26.3 Å². The molecule has 20 heavy (non-hydrogen) atoms. The third kappa shape index (κ3) is 6.16. The van der Waals surface area contributed by atoms with Crippen LogP contribution in [0, 0.1) is 5.92 Å². The molecule has 0 amide bonds. The molecule has 114 valence electrons. The number of benzene rings is 1. The number of thioether (sulfide) groups is 1. The van der Waals surface area contributed by atoms with Crippen molar-refractivity contribution in [1.82, 2.24) is 5.32 Å². The molecule has 0 aliphatic heterocycles. The second-order valence-electron chi connectivity index (χ2n) is 5.11. The second-order valence-corrected chi connectivity index (χ2v) is 6.18. The van der Waals surface area contributed by atoms with Gasteiger partial charge in [0.1, 0.15) is 5.75 Å². The summed E-state index contributed by atoms with van der Waals surface area (Å²) < 4.78 is 5.30. The molecule has 0 spiro atoms. The van der Waals surface area contributed by atoms with Gasteiger partial charge in [-0.3, -0.25) is 0 Å². The van der Waals surface area contributed by atoms with E-state index in [0.29, 0.717) is 12.0 Å². The maximum atomic E-state index is 9.08. The van der Waals surface area contributed by atoms with Crippen LogP contribution in [0.25, 0.3) is 0 Å². The molecule has 2 unspecified atom stereocenters. The molecule has 1 aromatic rings. The normalized spacial score (nSPS) is 14.0. The predicted octanol–water partition coefficient (Wildman–Crippen LogP) is 3.10. The van der Waals surface area contributed by atoms with Crippen molar-refractivity contribution in [2.24, 2.45) is 5.92 Å². The van der Waals surface area contributed by atoms with Crippen LogP contribution in [0.3, 0.4) is 0 Å². The fourth-order valence-electron chi connectivity index (χ4n) is 1.89. The number of aliphatic hydroxyl groups excluding tert-OH is 1. The van der Waals surface area contributed by atoms with Gasteiger partial charge in [-0.15, -0.1) is 0 Å². The summed E-state index contributed by atoms with van der Waals surface area (Å²) in [5.41, 5.74) is 1.27. The summed E-state index contributed by atoms with van der Waals surface area (Å²) in [5, 5.41) is 12.7. The van der Waals surface area contributed by atoms with Gasteiger partial charge in [-0.1, -0.05) is 26.0 Å². The maximum Gasteiger partial charge on any atom is 0.119 e. The number of nitrogens with one attached hydrogen (secondary N) is 1. The van der Waals surface area contributed by atoms with E-state index in [0.717, 1.165) is 30.2 Å². The first-order chi connectivity index (χ1) is 9.71. The molecule has 0 bridgehead atoms. The van der Waals surface area contributed by atoms with Crippen LogP contribution in [-0.4, -0.2) is 36.9 Å². The van der Waals surface area contributed by atoms with Crippen molar-refractivity contribution < 1.29 is 9.84 Å². The van der Waals surface area contributed by atoms with Crippen molar-refractivity contribution in [1.29, 1.82) is 0 Å². The Balaban J connectivity index is 2.62. The molecule has 0 heterocycles. The van der Waals surface area contributed by atoms with Crippen LogP contribution in [0.15, 0.2) is 24.3 Å². The summed E-state index contributed by atoms with van der Waals surface area (Å²) in [5.74, 6) is 3.26. The topological polar surface area (TPSA) is 41.5 Å². The van der Waals surface area contributed by atoms with Gasteiger partial charge in [-0.05, 0) is 42.3 Å². The molecule has 0 saturated carbocycles. The van der Waals surface area contributed by atoms with Crippen molar-refractivity contribution >= 4 is 11.8 Å². The minimum Gasteiger partial charge on any atom is -0.497 e. The number of hydrogen-bond acceptors (Lipinski definition) is 4. The Morgan fingerprint density at radius 3 is 2.80 bits per heavy atom. The predicted molar refractivity (Wildman–Crippen MR) is 87.6 cm³/mol. The fraction of sp³-hybridized carbons (Fsp3) is 0.625. The highest BCUT2D eigenvalue weighted by molar-refractivity contribution is 7.99. The lowest BCUT2D eigenvalue weighted by atomic mass is 10.1. The lowest BCUT2D eigenvalue weighted by molar-refractivity contribution is 0.250. The molecule has 2 atom stereocenters. The minimum atomic E-state index is 0.263. The first-order valence-corrected chi connectivity index (χ1v) is 8.42. The van der Waals surface area contributed by atoms with Crippen LogP contribution in [0.5, 0.6) is 5.75 Å². The van der Waals surface area contributed by atoms with E-state index in [4.69, 9.17) is 9.84 Å². The van der Waals surface area contributed by atoms with Crippen molar-refractivity contribution in [2.75, 3.05) is 31.8 Å². The number of ether oxygens (including phenoxy) is 1. The van der Waals surface area contributed by atoms with E-state index in [1.165, 1.54) is 5.56 Å². The van der Waals surface area contributed by atoms with E-state index in [2.05, 4.69) is 31.3 Å². The number of aliphatic hydroxyl groups is 1. The SMILES string of the molecule is CCCNC(CSCC(C)CO)c1cccc(OC)c1. The molecule has 3 nitrogen and oxygen atoms in total. The van der Waals surface area contributed by atoms with Gasteiger partial charge >= 0.3 is 0 Å². The molecular formula is C16H27NO2S. The summed E-state index contributed by atoms with van der Waals surface area (Å²) in [6.45, 7) is 5.53. The van der Waals surface area contributed by atoms with Gasteiger partial charge in [0.2, 0.25) is 0 Å². The third-order valence-corrected chi connectivity index (χ3v) is 4.51. The monoisotopic (exact) mass is 297 g/mol. The standard InChI is InChI=1S/C16H27NO2S/c1-4-8-17-16(12-20-11-13(2)10-18)14-6-5-7-15(9-14)19-3/h5-7,9,13,16-18H,4,8,10-12H2,1-3H3. The van der Waals surface area contributed by atoms with Crippen molar-refractivity contribution in [3.63, 3.8) is 0 Å². The zero-order valence-electron chi connectivity index (χ0n) is 12.8. The third-order valence-electron chi connectivity index (χ3n) is 3.14. The van der Waals surface area contributed by atoms with Crippen LogP contribution in [0.2, 0.25) is 0 Å². The molecule has 4 heteroatoms. The molecule has 0 radical (unpaired) electrons. The van der Waals surface area contributed by atoms with E-state index in [9.17, 15) is 0 Å². The summed E-state index contributed by atoms with van der Waals surface area (Å²) in [4.78, 5) is 0. The number of rotatable bonds is 10. The Morgan fingerprint density at radius 1 is 1.35 bits per heavy atom. The van der Waals surface area contributed by atoms with Gasteiger partial charge in [-0.2, -0.15) is 11.8 Å². The minimum absolute atomic E-state index is 0.263. The number of hydrogen-bond donors (Lipinski definition) is 2. The van der Waals surface area contributed by atoms with Crippen LogP contribution in [0.4, 0.5) is 0 Å². The van der Waals surface area contributed by atoms with Gasteiger partial charge in [0.25, 0.3) is 0 Å². The van der Waals surface area contributed by atoms with E-state index in [1.54, 1.807) is 7.11 Å². The second kappa shape index (κ2) is 10.1. The van der Waals surface area contributed by atoms with Crippen LogP contribution in [-0.2, 0) is 0 Å².